The Morgan fingerprint density at radius 2 is 1.00 bits per heavy atom. The van der Waals surface area contributed by atoms with E-state index >= 15 is 0 Å². The van der Waals surface area contributed by atoms with E-state index in [9.17, 15) is 9.59 Å². The normalized spacial score (nSPS) is 11.4. The largest absolute Gasteiger partial charge is 0.491 e. The van der Waals surface area contributed by atoms with Crippen LogP contribution in [0.5, 0.6) is 11.5 Å². The van der Waals surface area contributed by atoms with Crippen LogP contribution in [0.15, 0.2) is 152 Å². The Morgan fingerprint density at radius 1 is 0.519 bits per heavy atom. The third-order valence-corrected chi connectivity index (χ3v) is 8.76. The van der Waals surface area contributed by atoms with Gasteiger partial charge in [0.05, 0.1) is 42.9 Å². The van der Waals surface area contributed by atoms with Crippen molar-refractivity contribution in [3.8, 4) is 34.1 Å². The monoisotopic (exact) mass is 724 g/mol. The van der Waals surface area contributed by atoms with E-state index < -0.39 is 0 Å². The number of aromatic nitrogens is 1. The molecule has 0 aliphatic rings. The van der Waals surface area contributed by atoms with Crippen molar-refractivity contribution in [3.05, 3.63) is 160 Å². The molecule has 274 valence electrons. The van der Waals surface area contributed by atoms with Crippen LogP contribution in [-0.2, 0) is 16.0 Å². The smallest absolute Gasteiger partial charge is 0.193 e. The van der Waals surface area contributed by atoms with Crippen molar-refractivity contribution in [2.24, 2.45) is 0 Å². The number of rotatable bonds is 18. The molecule has 0 radical (unpaired) electrons. The summed E-state index contributed by atoms with van der Waals surface area (Å²) in [6, 6.07) is 38.3. The molecule has 0 aliphatic heterocycles. The second-order valence-corrected chi connectivity index (χ2v) is 12.5. The van der Waals surface area contributed by atoms with Crippen molar-refractivity contribution in [1.29, 1.82) is 0 Å². The number of pyridine rings is 1. The molecule has 0 atom stereocenters. The second-order valence-electron chi connectivity index (χ2n) is 12.5. The van der Waals surface area contributed by atoms with Gasteiger partial charge in [0.2, 0.25) is 0 Å². The standard InChI is InChI=1S/C44H40N2O8/c47-39-29-43(53-41-10-3-1-8-37(39)41)32-12-16-35(17-13-32)51-27-25-49-23-21-46(31-34-7-5-6-20-45-34)22-24-50-26-28-52-36-18-14-33(15-19-36)44-30-40(48)38-9-2-4-11-42(38)54-44/h1-20,29-30H,21-28,31H2. The predicted molar refractivity (Wildman–Crippen MR) is 208 cm³/mol. The molecule has 0 aliphatic carbocycles. The highest BCUT2D eigenvalue weighted by atomic mass is 16.5. The molecule has 0 amide bonds. The molecule has 0 spiro atoms. The second kappa shape index (κ2) is 18.1. The lowest BCUT2D eigenvalue weighted by atomic mass is 10.1. The zero-order valence-corrected chi connectivity index (χ0v) is 29.7. The first-order valence-electron chi connectivity index (χ1n) is 17.9. The highest BCUT2D eigenvalue weighted by Gasteiger charge is 2.10. The van der Waals surface area contributed by atoms with E-state index in [1.54, 1.807) is 30.5 Å². The zero-order chi connectivity index (χ0) is 37.0. The quantitative estimate of drug-likeness (QED) is 0.0820. The van der Waals surface area contributed by atoms with E-state index in [4.69, 9.17) is 27.8 Å². The molecule has 3 aromatic heterocycles. The summed E-state index contributed by atoms with van der Waals surface area (Å²) in [4.78, 5) is 31.7. The maximum absolute atomic E-state index is 12.5. The number of nitrogens with zero attached hydrogens (tertiary/aromatic N) is 2. The third kappa shape index (κ3) is 9.67. The van der Waals surface area contributed by atoms with Gasteiger partial charge in [0.15, 0.2) is 10.9 Å². The van der Waals surface area contributed by atoms with Gasteiger partial charge in [-0.05, 0) is 84.9 Å². The molecule has 3 heterocycles. The van der Waals surface area contributed by atoms with Crippen molar-refractivity contribution in [2.45, 2.75) is 6.54 Å². The van der Waals surface area contributed by atoms with E-state index in [2.05, 4.69) is 9.88 Å². The molecule has 0 unspecified atom stereocenters. The molecule has 0 fully saturated rings. The molecule has 10 nitrogen and oxygen atoms in total. The Bertz CT molecular complexity index is 2230. The van der Waals surface area contributed by atoms with Gasteiger partial charge >= 0.3 is 0 Å². The molecule has 0 saturated heterocycles. The summed E-state index contributed by atoms with van der Waals surface area (Å²) in [5.74, 6) is 2.44. The summed E-state index contributed by atoms with van der Waals surface area (Å²) in [6.45, 7) is 4.79. The summed E-state index contributed by atoms with van der Waals surface area (Å²) in [5, 5.41) is 1.13. The minimum absolute atomic E-state index is 0.0722. The van der Waals surface area contributed by atoms with Gasteiger partial charge in [-0.3, -0.25) is 19.5 Å². The van der Waals surface area contributed by atoms with Crippen LogP contribution in [0.4, 0.5) is 0 Å². The summed E-state index contributed by atoms with van der Waals surface area (Å²) in [6.07, 6.45) is 1.80. The first kappa shape index (κ1) is 36.3. The van der Waals surface area contributed by atoms with Crippen molar-refractivity contribution in [2.75, 3.05) is 52.7 Å². The fraction of sp³-hybridized carbons (Fsp3) is 0.205. The molecule has 0 N–H and O–H groups in total. The van der Waals surface area contributed by atoms with Gasteiger partial charge in [0.1, 0.15) is 47.4 Å². The van der Waals surface area contributed by atoms with Crippen LogP contribution < -0.4 is 20.3 Å². The van der Waals surface area contributed by atoms with Gasteiger partial charge < -0.3 is 27.8 Å². The number of hydrogen-bond acceptors (Lipinski definition) is 10. The zero-order valence-electron chi connectivity index (χ0n) is 29.7. The van der Waals surface area contributed by atoms with Gasteiger partial charge in [-0.1, -0.05) is 30.3 Å². The Labute approximate surface area is 312 Å². The fourth-order valence-corrected chi connectivity index (χ4v) is 5.94. The fourth-order valence-electron chi connectivity index (χ4n) is 5.94. The first-order chi connectivity index (χ1) is 26.6. The van der Waals surface area contributed by atoms with Crippen molar-refractivity contribution in [1.82, 2.24) is 9.88 Å². The van der Waals surface area contributed by atoms with Gasteiger partial charge in [-0.2, -0.15) is 0 Å². The highest BCUT2D eigenvalue weighted by Crippen LogP contribution is 2.26. The lowest BCUT2D eigenvalue weighted by Gasteiger charge is -2.22. The van der Waals surface area contributed by atoms with Crippen LogP contribution in [0.3, 0.4) is 0 Å². The van der Waals surface area contributed by atoms with Gasteiger partial charge in [0, 0.05) is 49.1 Å². The van der Waals surface area contributed by atoms with E-state index in [-0.39, 0.29) is 10.9 Å². The molecule has 7 rings (SSSR count). The topological polar surface area (TPSA) is 113 Å². The van der Waals surface area contributed by atoms with Crippen LogP contribution in [0.2, 0.25) is 0 Å². The molecule has 0 saturated carbocycles. The predicted octanol–water partition coefficient (Wildman–Crippen LogP) is 7.62. The Balaban J connectivity index is 0.813. The van der Waals surface area contributed by atoms with E-state index in [0.717, 1.165) is 16.8 Å². The van der Waals surface area contributed by atoms with Gasteiger partial charge in [-0.15, -0.1) is 0 Å². The average molecular weight is 725 g/mol. The summed E-state index contributed by atoms with van der Waals surface area (Å²) >= 11 is 0. The summed E-state index contributed by atoms with van der Waals surface area (Å²) < 4.78 is 35.5. The van der Waals surface area contributed by atoms with Crippen LogP contribution in [0, 0.1) is 0 Å². The molecular weight excluding hydrogens is 684 g/mol. The summed E-state index contributed by atoms with van der Waals surface area (Å²) in [7, 11) is 0. The molecule has 4 aromatic carbocycles. The maximum Gasteiger partial charge on any atom is 0.193 e. The molecular formula is C44H40N2O8. The van der Waals surface area contributed by atoms with Gasteiger partial charge in [-0.25, -0.2) is 0 Å². The summed E-state index contributed by atoms with van der Waals surface area (Å²) in [5.41, 5.74) is 3.55. The number of benzene rings is 4. The van der Waals surface area contributed by atoms with Gasteiger partial charge in [0.25, 0.3) is 0 Å². The van der Waals surface area contributed by atoms with Crippen LogP contribution in [-0.4, -0.2) is 62.6 Å². The lowest BCUT2D eigenvalue weighted by molar-refractivity contribution is 0.0530. The average Bonchev–Trinajstić information content (AvgIpc) is 3.21. The number of ether oxygens (including phenoxy) is 4. The Hall–Kier alpha value is -6.07. The number of fused-ring (bicyclic) bond motifs is 2. The Morgan fingerprint density at radius 3 is 1.48 bits per heavy atom. The number of hydrogen-bond donors (Lipinski definition) is 0. The van der Waals surface area contributed by atoms with Crippen molar-refractivity contribution in [3.63, 3.8) is 0 Å². The maximum atomic E-state index is 12.5. The number of para-hydroxylation sites is 2. The third-order valence-electron chi connectivity index (χ3n) is 8.76. The van der Waals surface area contributed by atoms with E-state index in [0.29, 0.717) is 104 Å². The van der Waals surface area contributed by atoms with Crippen molar-refractivity contribution < 1.29 is 27.8 Å². The minimum atomic E-state index is -0.0722. The molecule has 0 bridgehead atoms. The lowest BCUT2D eigenvalue weighted by Crippen LogP contribution is -2.31. The van der Waals surface area contributed by atoms with Crippen molar-refractivity contribution >= 4 is 21.9 Å². The molecule has 10 heteroatoms. The van der Waals surface area contributed by atoms with E-state index in [1.165, 1.54) is 12.1 Å². The Kier molecular flexibility index (Phi) is 12.2. The molecule has 54 heavy (non-hydrogen) atoms. The van der Waals surface area contributed by atoms with Crippen LogP contribution in [0.1, 0.15) is 5.69 Å². The minimum Gasteiger partial charge on any atom is -0.491 e. The van der Waals surface area contributed by atoms with E-state index in [1.807, 2.05) is 91.0 Å². The molecule has 7 aromatic rings. The highest BCUT2D eigenvalue weighted by molar-refractivity contribution is 5.79. The van der Waals surface area contributed by atoms with Crippen LogP contribution >= 0.6 is 0 Å². The first-order valence-corrected chi connectivity index (χ1v) is 17.9. The SMILES string of the molecule is O=c1cc(-c2ccc(OCCOCCN(CCOCCOc3ccc(-c4cc(=O)c5ccccc5o4)cc3)Cc3ccccn3)cc2)oc2ccccc12. The van der Waals surface area contributed by atoms with Crippen LogP contribution in [0.25, 0.3) is 44.6 Å².